The molecule has 1 saturated heterocycles. The quantitative estimate of drug-likeness (QED) is 0.828. The van der Waals surface area contributed by atoms with Crippen molar-refractivity contribution in [1.82, 2.24) is 14.8 Å². The Morgan fingerprint density at radius 3 is 2.76 bits per heavy atom. The first kappa shape index (κ1) is 12.5. The normalized spacial score (nSPS) is 25.6. The van der Waals surface area contributed by atoms with Crippen molar-refractivity contribution >= 4 is 0 Å². The minimum absolute atomic E-state index is 0.179. The Morgan fingerprint density at radius 2 is 2.12 bits per heavy atom. The number of likely N-dealkylation sites (tertiary alicyclic amines) is 1. The first-order chi connectivity index (χ1) is 8.15. The second kappa shape index (κ2) is 5.58. The number of likely N-dealkylation sites (N-methyl/N-ethyl adjacent to an activating group) is 1. The summed E-state index contributed by atoms with van der Waals surface area (Å²) in [7, 11) is 4.16. The molecule has 0 bridgehead atoms. The van der Waals surface area contributed by atoms with Crippen LogP contribution in [0.15, 0.2) is 24.5 Å². The minimum atomic E-state index is -0.179. The van der Waals surface area contributed by atoms with Crippen molar-refractivity contribution in [3.63, 3.8) is 0 Å². The maximum Gasteiger partial charge on any atom is 0.0682 e. The maximum absolute atomic E-state index is 9.79. The summed E-state index contributed by atoms with van der Waals surface area (Å²) >= 11 is 0. The molecule has 94 valence electrons. The number of hydrogen-bond donors (Lipinski definition) is 1. The molecular formula is C13H21N3O. The molecule has 4 heteroatoms. The fraction of sp³-hybridized carbons (Fsp3) is 0.615. The van der Waals surface area contributed by atoms with Gasteiger partial charge in [0.1, 0.15) is 0 Å². The van der Waals surface area contributed by atoms with Gasteiger partial charge in [-0.2, -0.15) is 0 Å². The van der Waals surface area contributed by atoms with Crippen molar-refractivity contribution in [2.45, 2.75) is 25.1 Å². The van der Waals surface area contributed by atoms with Crippen LogP contribution < -0.4 is 0 Å². The topological polar surface area (TPSA) is 39.6 Å². The van der Waals surface area contributed by atoms with Crippen LogP contribution in [-0.2, 0) is 6.54 Å². The molecule has 2 rings (SSSR count). The molecule has 1 N–H and O–H groups in total. The summed E-state index contributed by atoms with van der Waals surface area (Å²) in [5, 5.41) is 9.79. The molecule has 0 spiro atoms. The number of nitrogens with zero attached hydrogens (tertiary/aromatic N) is 3. The van der Waals surface area contributed by atoms with Gasteiger partial charge >= 0.3 is 0 Å². The van der Waals surface area contributed by atoms with Crippen LogP contribution in [0.2, 0.25) is 0 Å². The lowest BCUT2D eigenvalue weighted by Gasteiger charge is -2.26. The minimum Gasteiger partial charge on any atom is -0.392 e. The zero-order valence-electron chi connectivity index (χ0n) is 10.6. The van der Waals surface area contributed by atoms with E-state index in [9.17, 15) is 5.11 Å². The Hall–Kier alpha value is -0.970. The number of rotatable bonds is 4. The van der Waals surface area contributed by atoms with E-state index >= 15 is 0 Å². The molecule has 1 aromatic rings. The van der Waals surface area contributed by atoms with Crippen molar-refractivity contribution in [3.05, 3.63) is 30.1 Å². The summed E-state index contributed by atoms with van der Waals surface area (Å²) in [6.07, 6.45) is 4.34. The summed E-state index contributed by atoms with van der Waals surface area (Å²) in [4.78, 5) is 8.57. The second-order valence-corrected chi connectivity index (χ2v) is 5.09. The molecule has 2 atom stereocenters. The smallest absolute Gasteiger partial charge is 0.0682 e. The maximum atomic E-state index is 9.79. The van der Waals surface area contributed by atoms with Crippen molar-refractivity contribution in [2.75, 3.05) is 27.2 Å². The zero-order chi connectivity index (χ0) is 12.3. The number of β-amino-alcohol motifs (C(OH)–C–C–N with tert-alkyl or cyclic N) is 1. The summed E-state index contributed by atoms with van der Waals surface area (Å²) < 4.78 is 0. The van der Waals surface area contributed by atoms with E-state index in [1.165, 1.54) is 5.56 Å². The molecule has 2 unspecified atom stereocenters. The molecule has 0 saturated carbocycles. The highest BCUT2D eigenvalue weighted by molar-refractivity contribution is 5.10. The van der Waals surface area contributed by atoms with E-state index in [1.54, 1.807) is 0 Å². The molecular weight excluding hydrogens is 214 g/mol. The Kier molecular flexibility index (Phi) is 4.10. The van der Waals surface area contributed by atoms with Gasteiger partial charge < -0.3 is 10.0 Å². The largest absolute Gasteiger partial charge is 0.392 e. The van der Waals surface area contributed by atoms with Crippen molar-refractivity contribution in [1.29, 1.82) is 0 Å². The third-order valence-electron chi connectivity index (χ3n) is 3.22. The zero-order valence-corrected chi connectivity index (χ0v) is 10.6. The van der Waals surface area contributed by atoms with E-state index in [0.29, 0.717) is 6.04 Å². The van der Waals surface area contributed by atoms with Crippen molar-refractivity contribution < 1.29 is 5.11 Å². The standard InChI is InChI=1S/C13H21N3O/c1-15(2)9-12-7-13(17)10-16(12)8-11-3-5-14-6-4-11/h3-6,12-13,17H,7-10H2,1-2H3. The Bertz CT molecular complexity index is 342. The molecule has 4 nitrogen and oxygen atoms in total. The summed E-state index contributed by atoms with van der Waals surface area (Å²) in [5.74, 6) is 0. The number of aliphatic hydroxyl groups is 1. The van der Waals surface area contributed by atoms with Crippen molar-refractivity contribution in [2.24, 2.45) is 0 Å². The number of hydrogen-bond acceptors (Lipinski definition) is 4. The van der Waals surface area contributed by atoms with Gasteiger partial charge in [-0.1, -0.05) is 0 Å². The van der Waals surface area contributed by atoms with E-state index in [2.05, 4.69) is 28.9 Å². The van der Waals surface area contributed by atoms with Crippen molar-refractivity contribution in [3.8, 4) is 0 Å². The van der Waals surface area contributed by atoms with Gasteiger partial charge in [-0.3, -0.25) is 9.88 Å². The lowest BCUT2D eigenvalue weighted by molar-refractivity contribution is 0.169. The van der Waals surface area contributed by atoms with Crippen LogP contribution >= 0.6 is 0 Å². The molecule has 0 aliphatic carbocycles. The average molecular weight is 235 g/mol. The van der Waals surface area contributed by atoms with Gasteiger partial charge in [0.05, 0.1) is 6.10 Å². The molecule has 0 aromatic carbocycles. The second-order valence-electron chi connectivity index (χ2n) is 5.09. The molecule has 0 amide bonds. The van der Waals surface area contributed by atoms with Crippen LogP contribution in [0.25, 0.3) is 0 Å². The van der Waals surface area contributed by atoms with Crippen LogP contribution in [0.1, 0.15) is 12.0 Å². The summed E-state index contributed by atoms with van der Waals surface area (Å²) in [6.45, 7) is 2.68. The van der Waals surface area contributed by atoms with Crippen LogP contribution in [-0.4, -0.2) is 59.2 Å². The first-order valence-electron chi connectivity index (χ1n) is 6.11. The average Bonchev–Trinajstić information content (AvgIpc) is 2.59. The molecule has 1 aromatic heterocycles. The van der Waals surface area contributed by atoms with Gasteiger partial charge in [0.25, 0.3) is 0 Å². The van der Waals surface area contributed by atoms with E-state index in [-0.39, 0.29) is 6.10 Å². The monoisotopic (exact) mass is 235 g/mol. The lowest BCUT2D eigenvalue weighted by Crippen LogP contribution is -2.37. The summed E-state index contributed by atoms with van der Waals surface area (Å²) in [5.41, 5.74) is 1.26. The van der Waals surface area contributed by atoms with Crippen LogP contribution in [0.5, 0.6) is 0 Å². The molecule has 1 aliphatic rings. The fourth-order valence-corrected chi connectivity index (χ4v) is 2.49. The highest BCUT2D eigenvalue weighted by Gasteiger charge is 2.30. The van der Waals surface area contributed by atoms with E-state index in [1.807, 2.05) is 24.5 Å². The van der Waals surface area contributed by atoms with Gasteiger partial charge in [0.2, 0.25) is 0 Å². The highest BCUT2D eigenvalue weighted by atomic mass is 16.3. The van der Waals surface area contributed by atoms with E-state index < -0.39 is 0 Å². The predicted molar refractivity (Wildman–Crippen MR) is 67.6 cm³/mol. The number of aliphatic hydroxyl groups excluding tert-OH is 1. The molecule has 1 fully saturated rings. The molecule has 17 heavy (non-hydrogen) atoms. The van der Waals surface area contributed by atoms with E-state index in [0.717, 1.165) is 26.1 Å². The van der Waals surface area contributed by atoms with Gasteiger partial charge in [-0.25, -0.2) is 0 Å². The third kappa shape index (κ3) is 3.49. The molecule has 1 aliphatic heterocycles. The third-order valence-corrected chi connectivity index (χ3v) is 3.22. The number of aromatic nitrogens is 1. The van der Waals surface area contributed by atoms with Gasteiger partial charge in [0.15, 0.2) is 0 Å². The molecule has 2 heterocycles. The highest BCUT2D eigenvalue weighted by Crippen LogP contribution is 2.20. The van der Waals surface area contributed by atoms with Gasteiger partial charge in [-0.05, 0) is 38.2 Å². The van der Waals surface area contributed by atoms with Crippen LogP contribution in [0.4, 0.5) is 0 Å². The Labute approximate surface area is 103 Å². The van der Waals surface area contributed by atoms with Crippen LogP contribution in [0, 0.1) is 0 Å². The predicted octanol–water partition coefficient (Wildman–Crippen LogP) is 0.578. The van der Waals surface area contributed by atoms with E-state index in [4.69, 9.17) is 0 Å². The Balaban J connectivity index is 1.98. The summed E-state index contributed by atoms with van der Waals surface area (Å²) in [6, 6.07) is 4.53. The first-order valence-corrected chi connectivity index (χ1v) is 6.11. The fourth-order valence-electron chi connectivity index (χ4n) is 2.49. The van der Waals surface area contributed by atoms with Gasteiger partial charge in [0, 0.05) is 38.1 Å². The van der Waals surface area contributed by atoms with Crippen LogP contribution in [0.3, 0.4) is 0 Å². The lowest BCUT2D eigenvalue weighted by atomic mass is 10.2. The van der Waals surface area contributed by atoms with Gasteiger partial charge in [-0.15, -0.1) is 0 Å². The number of pyridine rings is 1. The molecule has 0 radical (unpaired) electrons. The SMILES string of the molecule is CN(C)CC1CC(O)CN1Cc1ccncc1. The Morgan fingerprint density at radius 1 is 1.41 bits per heavy atom.